The standard InChI is InChI=1S/C22H21N5OS/c1-25-8-9-26(22(28)18-6-10-29-14-18)13-20(25)21-19-5-4-17(12-27(19)15-24-21)16-3-2-7-23-11-16/h2-7,10-12,14-15,20H,8-9,13H2,1H3/t20-/m0/s1. The molecule has 0 saturated carbocycles. The van der Waals surface area contributed by atoms with Crippen molar-refractivity contribution in [1.82, 2.24) is 24.2 Å². The summed E-state index contributed by atoms with van der Waals surface area (Å²) in [6, 6.07) is 10.2. The van der Waals surface area contributed by atoms with E-state index in [1.165, 1.54) is 0 Å². The maximum atomic E-state index is 12.8. The van der Waals surface area contributed by atoms with Crippen LogP contribution in [0.25, 0.3) is 16.6 Å². The molecule has 6 nitrogen and oxygen atoms in total. The SMILES string of the molecule is CN1CCN(C(=O)c2ccsc2)C[C@H]1c1ncn2cc(-c3cccnc3)ccc12. The summed E-state index contributed by atoms with van der Waals surface area (Å²) in [5, 5.41) is 3.87. The molecule has 1 aliphatic rings. The fraction of sp³-hybridized carbons (Fsp3) is 0.227. The van der Waals surface area contributed by atoms with Gasteiger partial charge in [-0.05, 0) is 36.2 Å². The van der Waals surface area contributed by atoms with Crippen molar-refractivity contribution in [3.63, 3.8) is 0 Å². The molecule has 5 rings (SSSR count). The predicted molar refractivity (Wildman–Crippen MR) is 114 cm³/mol. The third kappa shape index (κ3) is 3.32. The summed E-state index contributed by atoms with van der Waals surface area (Å²) in [5.41, 5.74) is 5.02. The van der Waals surface area contributed by atoms with Gasteiger partial charge in [0.25, 0.3) is 5.91 Å². The van der Waals surface area contributed by atoms with Crippen LogP contribution in [-0.4, -0.2) is 56.8 Å². The molecule has 0 bridgehead atoms. The monoisotopic (exact) mass is 403 g/mol. The molecule has 0 N–H and O–H groups in total. The molecule has 1 atom stereocenters. The molecule has 5 heterocycles. The van der Waals surface area contributed by atoms with E-state index in [1.807, 2.05) is 40.3 Å². The molecular weight excluding hydrogens is 382 g/mol. The van der Waals surface area contributed by atoms with Gasteiger partial charge < -0.3 is 9.30 Å². The lowest BCUT2D eigenvalue weighted by Crippen LogP contribution is -2.49. The van der Waals surface area contributed by atoms with Gasteiger partial charge in [0.05, 0.1) is 29.1 Å². The lowest BCUT2D eigenvalue weighted by Gasteiger charge is -2.38. The number of hydrogen-bond donors (Lipinski definition) is 0. The summed E-state index contributed by atoms with van der Waals surface area (Å²) >= 11 is 1.55. The van der Waals surface area contributed by atoms with E-state index < -0.39 is 0 Å². The smallest absolute Gasteiger partial charge is 0.254 e. The van der Waals surface area contributed by atoms with Gasteiger partial charge in [-0.1, -0.05) is 12.1 Å². The van der Waals surface area contributed by atoms with Gasteiger partial charge in [0.1, 0.15) is 0 Å². The van der Waals surface area contributed by atoms with Crippen LogP contribution in [-0.2, 0) is 0 Å². The van der Waals surface area contributed by atoms with Gasteiger partial charge in [-0.25, -0.2) is 4.98 Å². The molecule has 1 amide bonds. The number of amides is 1. The van der Waals surface area contributed by atoms with Crippen LogP contribution in [0.1, 0.15) is 22.1 Å². The van der Waals surface area contributed by atoms with Crippen molar-refractivity contribution in [3.8, 4) is 11.1 Å². The van der Waals surface area contributed by atoms with E-state index in [1.54, 1.807) is 17.5 Å². The summed E-state index contributed by atoms with van der Waals surface area (Å²) in [6.07, 6.45) is 7.58. The summed E-state index contributed by atoms with van der Waals surface area (Å²) in [5.74, 6) is 0.103. The molecule has 0 unspecified atom stereocenters. The van der Waals surface area contributed by atoms with E-state index >= 15 is 0 Å². The number of likely N-dealkylation sites (N-methyl/N-ethyl adjacent to an activating group) is 1. The zero-order valence-corrected chi connectivity index (χ0v) is 16.9. The Morgan fingerprint density at radius 3 is 2.90 bits per heavy atom. The summed E-state index contributed by atoms with van der Waals surface area (Å²) in [7, 11) is 2.10. The van der Waals surface area contributed by atoms with Crippen molar-refractivity contribution in [3.05, 3.63) is 77.3 Å². The van der Waals surface area contributed by atoms with E-state index in [9.17, 15) is 4.79 Å². The maximum Gasteiger partial charge on any atom is 0.254 e. The van der Waals surface area contributed by atoms with Crippen molar-refractivity contribution < 1.29 is 4.79 Å². The average Bonchev–Trinajstić information content (AvgIpc) is 3.44. The van der Waals surface area contributed by atoms with Crippen LogP contribution in [0.3, 0.4) is 0 Å². The molecule has 0 spiro atoms. The molecule has 1 aliphatic heterocycles. The van der Waals surface area contributed by atoms with Crippen molar-refractivity contribution in [2.24, 2.45) is 0 Å². The van der Waals surface area contributed by atoms with E-state index in [0.717, 1.165) is 41.0 Å². The summed E-state index contributed by atoms with van der Waals surface area (Å²) in [6.45, 7) is 2.20. The first-order valence-electron chi connectivity index (χ1n) is 9.59. The average molecular weight is 404 g/mol. The minimum atomic E-state index is 0.0700. The molecule has 0 radical (unpaired) electrons. The highest BCUT2D eigenvalue weighted by Gasteiger charge is 2.31. The van der Waals surface area contributed by atoms with Crippen molar-refractivity contribution in [2.45, 2.75) is 6.04 Å². The Morgan fingerprint density at radius 1 is 1.17 bits per heavy atom. The van der Waals surface area contributed by atoms with E-state index in [4.69, 9.17) is 4.98 Å². The number of imidazole rings is 1. The van der Waals surface area contributed by atoms with Gasteiger partial charge in [0, 0.05) is 49.2 Å². The van der Waals surface area contributed by atoms with Crippen LogP contribution in [0, 0.1) is 0 Å². The first-order chi connectivity index (χ1) is 14.2. The number of pyridine rings is 2. The molecule has 1 fully saturated rings. The quantitative estimate of drug-likeness (QED) is 0.525. The number of nitrogens with zero attached hydrogens (tertiary/aromatic N) is 5. The van der Waals surface area contributed by atoms with E-state index in [2.05, 4.69) is 45.7 Å². The Bertz CT molecular complexity index is 1140. The van der Waals surface area contributed by atoms with Crippen LogP contribution >= 0.6 is 11.3 Å². The maximum absolute atomic E-state index is 12.8. The first-order valence-corrected chi connectivity index (χ1v) is 10.5. The number of carbonyl (C=O) groups is 1. The highest BCUT2D eigenvalue weighted by molar-refractivity contribution is 7.08. The predicted octanol–water partition coefficient (Wildman–Crippen LogP) is 3.59. The highest BCUT2D eigenvalue weighted by Crippen LogP contribution is 2.29. The van der Waals surface area contributed by atoms with Gasteiger partial charge in [0.2, 0.25) is 0 Å². The molecule has 1 saturated heterocycles. The Morgan fingerprint density at radius 2 is 2.10 bits per heavy atom. The number of aromatic nitrogens is 3. The second-order valence-corrected chi connectivity index (χ2v) is 8.12. The third-order valence-corrected chi connectivity index (χ3v) is 6.26. The van der Waals surface area contributed by atoms with Crippen molar-refractivity contribution in [1.29, 1.82) is 0 Å². The van der Waals surface area contributed by atoms with Crippen LogP contribution in [0.15, 0.2) is 66.0 Å². The van der Waals surface area contributed by atoms with Gasteiger partial charge in [-0.15, -0.1) is 0 Å². The highest BCUT2D eigenvalue weighted by atomic mass is 32.1. The number of rotatable bonds is 3. The molecule has 7 heteroatoms. The lowest BCUT2D eigenvalue weighted by molar-refractivity contribution is 0.0543. The van der Waals surface area contributed by atoms with E-state index in [0.29, 0.717) is 6.54 Å². The molecule has 4 aromatic rings. The molecular formula is C22H21N5OS. The first kappa shape index (κ1) is 18.0. The number of carbonyl (C=O) groups excluding carboxylic acids is 1. The molecule has 4 aromatic heterocycles. The van der Waals surface area contributed by atoms with Gasteiger partial charge >= 0.3 is 0 Å². The number of fused-ring (bicyclic) bond motifs is 1. The van der Waals surface area contributed by atoms with Gasteiger partial charge in [0.15, 0.2) is 0 Å². The fourth-order valence-electron chi connectivity index (χ4n) is 3.90. The van der Waals surface area contributed by atoms with Gasteiger partial charge in [-0.2, -0.15) is 11.3 Å². The fourth-order valence-corrected chi connectivity index (χ4v) is 4.53. The lowest BCUT2D eigenvalue weighted by atomic mass is 10.1. The van der Waals surface area contributed by atoms with Crippen LogP contribution < -0.4 is 0 Å². The van der Waals surface area contributed by atoms with E-state index in [-0.39, 0.29) is 11.9 Å². The number of piperazine rings is 1. The second kappa shape index (κ2) is 7.42. The van der Waals surface area contributed by atoms with Gasteiger partial charge in [-0.3, -0.25) is 14.7 Å². The molecule has 29 heavy (non-hydrogen) atoms. The van der Waals surface area contributed by atoms with Crippen molar-refractivity contribution >= 4 is 22.8 Å². The Balaban J connectivity index is 1.45. The zero-order chi connectivity index (χ0) is 19.8. The van der Waals surface area contributed by atoms with Crippen LogP contribution in [0.5, 0.6) is 0 Å². The third-order valence-electron chi connectivity index (χ3n) is 5.57. The Labute approximate surface area is 173 Å². The minimum absolute atomic E-state index is 0.0700. The molecule has 0 aromatic carbocycles. The second-order valence-electron chi connectivity index (χ2n) is 7.34. The number of thiophene rings is 1. The Hall–Kier alpha value is -3.03. The topological polar surface area (TPSA) is 53.7 Å². The zero-order valence-electron chi connectivity index (χ0n) is 16.1. The molecule has 146 valence electrons. The number of hydrogen-bond acceptors (Lipinski definition) is 5. The summed E-state index contributed by atoms with van der Waals surface area (Å²) < 4.78 is 2.06. The van der Waals surface area contributed by atoms with Crippen molar-refractivity contribution in [2.75, 3.05) is 26.7 Å². The van der Waals surface area contributed by atoms with Crippen LogP contribution in [0.4, 0.5) is 0 Å². The Kier molecular flexibility index (Phi) is 4.61. The molecule has 0 aliphatic carbocycles. The largest absolute Gasteiger partial charge is 0.335 e. The minimum Gasteiger partial charge on any atom is -0.335 e. The normalized spacial score (nSPS) is 17.7. The van der Waals surface area contributed by atoms with Crippen LogP contribution in [0.2, 0.25) is 0 Å². The summed E-state index contributed by atoms with van der Waals surface area (Å²) in [4.78, 5) is 26.0.